The highest BCUT2D eigenvalue weighted by molar-refractivity contribution is 6.31. The van der Waals surface area contributed by atoms with Crippen LogP contribution in [0.2, 0.25) is 5.02 Å². The molecule has 0 radical (unpaired) electrons. The lowest BCUT2D eigenvalue weighted by molar-refractivity contribution is 0.0511. The molecular weight excluding hydrogens is 248 g/mol. The van der Waals surface area contributed by atoms with Crippen LogP contribution in [0.25, 0.3) is 0 Å². The number of nitrogens with zero attached hydrogens (tertiary/aromatic N) is 1. The number of hydrogen-bond donors (Lipinski definition) is 1. The molecule has 0 spiro atoms. The Labute approximate surface area is 113 Å². The van der Waals surface area contributed by atoms with E-state index >= 15 is 0 Å². The fourth-order valence-corrected chi connectivity index (χ4v) is 2.95. The van der Waals surface area contributed by atoms with E-state index in [0.29, 0.717) is 16.3 Å². The zero-order valence-corrected chi connectivity index (χ0v) is 11.6. The normalized spacial score (nSPS) is 24.1. The third-order valence-corrected chi connectivity index (χ3v) is 3.81. The Kier molecular flexibility index (Phi) is 3.81. The standard InChI is InChI=1S/C14H19ClN2O/c1-9-4-3-5-10(2)17(9)14(18)11-6-12(15)8-13(16)7-11/h6-10H,3-5,16H2,1-2H3/t9-,10+. The first-order valence-corrected chi connectivity index (χ1v) is 6.75. The van der Waals surface area contributed by atoms with Gasteiger partial charge in [0.1, 0.15) is 0 Å². The SMILES string of the molecule is C[C@@H]1CCC[C@H](C)N1C(=O)c1cc(N)cc(Cl)c1. The number of hydrogen-bond acceptors (Lipinski definition) is 2. The summed E-state index contributed by atoms with van der Waals surface area (Å²) in [5.74, 6) is 0.0314. The van der Waals surface area contributed by atoms with Crippen LogP contribution in [0.1, 0.15) is 43.5 Å². The first-order valence-electron chi connectivity index (χ1n) is 6.38. The van der Waals surface area contributed by atoms with Gasteiger partial charge >= 0.3 is 0 Å². The number of rotatable bonds is 1. The molecule has 1 saturated heterocycles. The minimum atomic E-state index is 0.0314. The number of anilines is 1. The highest BCUT2D eigenvalue weighted by Gasteiger charge is 2.29. The van der Waals surface area contributed by atoms with Crippen molar-refractivity contribution in [1.29, 1.82) is 0 Å². The predicted molar refractivity (Wildman–Crippen MR) is 74.8 cm³/mol. The van der Waals surface area contributed by atoms with Crippen molar-refractivity contribution >= 4 is 23.2 Å². The first kappa shape index (κ1) is 13.2. The quantitative estimate of drug-likeness (QED) is 0.793. The molecule has 1 aliphatic rings. The third-order valence-electron chi connectivity index (χ3n) is 3.60. The van der Waals surface area contributed by atoms with Gasteiger partial charge in [0.15, 0.2) is 0 Å². The molecule has 1 amide bonds. The highest BCUT2D eigenvalue weighted by atomic mass is 35.5. The smallest absolute Gasteiger partial charge is 0.254 e. The van der Waals surface area contributed by atoms with Gasteiger partial charge in [0.05, 0.1) is 0 Å². The van der Waals surface area contributed by atoms with Crippen molar-refractivity contribution in [3.05, 3.63) is 28.8 Å². The summed E-state index contributed by atoms with van der Waals surface area (Å²) < 4.78 is 0. The second-order valence-electron chi connectivity index (χ2n) is 5.11. The number of carbonyl (C=O) groups is 1. The summed E-state index contributed by atoms with van der Waals surface area (Å²) in [6, 6.07) is 5.60. The monoisotopic (exact) mass is 266 g/mol. The molecule has 4 heteroatoms. The Morgan fingerprint density at radius 3 is 2.44 bits per heavy atom. The number of benzene rings is 1. The molecule has 3 nitrogen and oxygen atoms in total. The average molecular weight is 267 g/mol. The molecule has 1 aromatic rings. The second kappa shape index (κ2) is 5.19. The van der Waals surface area contributed by atoms with Gasteiger partial charge in [-0.15, -0.1) is 0 Å². The Hall–Kier alpha value is -1.22. The van der Waals surface area contributed by atoms with E-state index in [9.17, 15) is 4.79 Å². The fourth-order valence-electron chi connectivity index (χ4n) is 2.71. The van der Waals surface area contributed by atoms with Crippen molar-refractivity contribution in [3.8, 4) is 0 Å². The topological polar surface area (TPSA) is 46.3 Å². The van der Waals surface area contributed by atoms with Crippen molar-refractivity contribution in [2.75, 3.05) is 5.73 Å². The van der Waals surface area contributed by atoms with Crippen LogP contribution in [0, 0.1) is 0 Å². The van der Waals surface area contributed by atoms with Crippen LogP contribution < -0.4 is 5.73 Å². The molecule has 0 saturated carbocycles. The number of amides is 1. The number of nitrogens with two attached hydrogens (primary N) is 1. The molecule has 1 aromatic carbocycles. The molecule has 0 bridgehead atoms. The van der Waals surface area contributed by atoms with E-state index in [1.165, 1.54) is 6.42 Å². The van der Waals surface area contributed by atoms with Gasteiger partial charge in [-0.3, -0.25) is 4.79 Å². The summed E-state index contributed by atoms with van der Waals surface area (Å²) in [5, 5.41) is 0.510. The van der Waals surface area contributed by atoms with Crippen LogP contribution in [0.4, 0.5) is 5.69 Å². The molecule has 18 heavy (non-hydrogen) atoms. The molecule has 0 aromatic heterocycles. The zero-order valence-electron chi connectivity index (χ0n) is 10.8. The van der Waals surface area contributed by atoms with Crippen LogP contribution in [-0.4, -0.2) is 22.9 Å². The second-order valence-corrected chi connectivity index (χ2v) is 5.55. The van der Waals surface area contributed by atoms with Crippen LogP contribution in [0.15, 0.2) is 18.2 Å². The van der Waals surface area contributed by atoms with Crippen molar-refractivity contribution in [2.45, 2.75) is 45.2 Å². The van der Waals surface area contributed by atoms with E-state index < -0.39 is 0 Å². The third kappa shape index (κ3) is 2.61. The molecule has 2 N–H and O–H groups in total. The van der Waals surface area contributed by atoms with Gasteiger partial charge in [0.25, 0.3) is 5.91 Å². The van der Waals surface area contributed by atoms with E-state index in [4.69, 9.17) is 17.3 Å². The van der Waals surface area contributed by atoms with Crippen molar-refractivity contribution in [3.63, 3.8) is 0 Å². The maximum absolute atomic E-state index is 12.5. The van der Waals surface area contributed by atoms with E-state index in [2.05, 4.69) is 13.8 Å². The minimum absolute atomic E-state index is 0.0314. The van der Waals surface area contributed by atoms with Crippen molar-refractivity contribution in [1.82, 2.24) is 4.90 Å². The summed E-state index contributed by atoms with van der Waals surface area (Å²) in [6.45, 7) is 4.20. The summed E-state index contributed by atoms with van der Waals surface area (Å²) in [5.41, 5.74) is 6.86. The van der Waals surface area contributed by atoms with E-state index in [0.717, 1.165) is 12.8 Å². The van der Waals surface area contributed by atoms with Crippen LogP contribution in [0.5, 0.6) is 0 Å². The molecule has 0 aliphatic carbocycles. The lowest BCUT2D eigenvalue weighted by Crippen LogP contribution is -2.47. The summed E-state index contributed by atoms with van der Waals surface area (Å²) in [4.78, 5) is 14.5. The Balaban J connectivity index is 2.29. The molecule has 1 fully saturated rings. The molecule has 0 unspecified atom stereocenters. The number of nitrogen functional groups attached to an aromatic ring is 1. The van der Waals surface area contributed by atoms with Crippen LogP contribution in [0.3, 0.4) is 0 Å². The Bertz CT molecular complexity index is 431. The zero-order chi connectivity index (χ0) is 13.3. The highest BCUT2D eigenvalue weighted by Crippen LogP contribution is 2.26. The number of likely N-dealkylation sites (tertiary alicyclic amines) is 1. The Morgan fingerprint density at radius 2 is 1.89 bits per heavy atom. The van der Waals surface area contributed by atoms with Crippen molar-refractivity contribution in [2.24, 2.45) is 0 Å². The molecule has 1 aliphatic heterocycles. The van der Waals surface area contributed by atoms with Gasteiger partial charge in [-0.1, -0.05) is 11.6 Å². The van der Waals surface area contributed by atoms with Gasteiger partial charge in [-0.05, 0) is 51.3 Å². The van der Waals surface area contributed by atoms with Gasteiger partial charge in [-0.25, -0.2) is 0 Å². The van der Waals surface area contributed by atoms with Gasteiger partial charge in [0, 0.05) is 28.4 Å². The largest absolute Gasteiger partial charge is 0.399 e. The maximum atomic E-state index is 12.5. The molecular formula is C14H19ClN2O. The van der Waals surface area contributed by atoms with Gasteiger partial charge in [-0.2, -0.15) is 0 Å². The summed E-state index contributed by atoms with van der Waals surface area (Å²) in [6.07, 6.45) is 3.31. The molecule has 98 valence electrons. The maximum Gasteiger partial charge on any atom is 0.254 e. The first-order chi connectivity index (χ1) is 8.49. The Morgan fingerprint density at radius 1 is 1.28 bits per heavy atom. The van der Waals surface area contributed by atoms with Crippen LogP contribution >= 0.6 is 11.6 Å². The van der Waals surface area contributed by atoms with Gasteiger partial charge < -0.3 is 10.6 Å². The molecule has 2 rings (SSSR count). The minimum Gasteiger partial charge on any atom is -0.399 e. The van der Waals surface area contributed by atoms with E-state index in [1.54, 1.807) is 18.2 Å². The van der Waals surface area contributed by atoms with E-state index in [1.807, 2.05) is 4.90 Å². The van der Waals surface area contributed by atoms with Crippen molar-refractivity contribution < 1.29 is 4.79 Å². The number of piperidine rings is 1. The molecule has 1 heterocycles. The average Bonchev–Trinajstić information content (AvgIpc) is 2.27. The number of halogens is 1. The fraction of sp³-hybridized carbons (Fsp3) is 0.500. The summed E-state index contributed by atoms with van der Waals surface area (Å²) in [7, 11) is 0. The lowest BCUT2D eigenvalue weighted by atomic mass is 9.96. The lowest BCUT2D eigenvalue weighted by Gasteiger charge is -2.39. The van der Waals surface area contributed by atoms with Crippen LogP contribution in [-0.2, 0) is 0 Å². The number of carbonyl (C=O) groups excluding carboxylic acids is 1. The molecule has 2 atom stereocenters. The van der Waals surface area contributed by atoms with Gasteiger partial charge in [0.2, 0.25) is 0 Å². The summed E-state index contributed by atoms with van der Waals surface area (Å²) >= 11 is 5.96. The predicted octanol–water partition coefficient (Wildman–Crippen LogP) is 3.33. The van der Waals surface area contributed by atoms with E-state index in [-0.39, 0.29) is 18.0 Å².